The van der Waals surface area contributed by atoms with Crippen molar-refractivity contribution in [2.75, 3.05) is 0 Å². The third kappa shape index (κ3) is 9.19. The molecule has 0 atom stereocenters. The van der Waals surface area contributed by atoms with E-state index in [-0.39, 0.29) is 22.1 Å². The summed E-state index contributed by atoms with van der Waals surface area (Å²) >= 11 is 0. The second-order valence-electron chi connectivity index (χ2n) is 20.8. The van der Waals surface area contributed by atoms with Crippen molar-refractivity contribution < 1.29 is 18.8 Å². The molecule has 0 spiro atoms. The number of imidazole rings is 1. The van der Waals surface area contributed by atoms with Gasteiger partial charge >= 0.3 is 0 Å². The molecule has 65 heavy (non-hydrogen) atoms. The average molecular weight is 868 g/mol. The zero-order valence-corrected chi connectivity index (χ0v) is 39.6. The van der Waals surface area contributed by atoms with Crippen LogP contribution in [0.15, 0.2) is 140 Å². The minimum absolute atomic E-state index is 0.151. The minimum Gasteiger partial charge on any atom is -0.507 e. The van der Waals surface area contributed by atoms with E-state index in [9.17, 15) is 6.48 Å². The molecule has 8 aromatic rings. The quantitative estimate of drug-likeness (QED) is 0.174. The van der Waals surface area contributed by atoms with Gasteiger partial charge in [0.25, 0.3) is 0 Å². The summed E-state index contributed by atoms with van der Waals surface area (Å²) in [5.74, 6) is -0.261. The van der Waals surface area contributed by atoms with Crippen molar-refractivity contribution in [3.63, 3.8) is 0 Å². The van der Waals surface area contributed by atoms with E-state index in [4.69, 9.17) is 22.3 Å². The molecule has 0 fully saturated rings. The van der Waals surface area contributed by atoms with Crippen LogP contribution in [0.5, 0.6) is 5.75 Å². The van der Waals surface area contributed by atoms with Crippen molar-refractivity contribution in [2.24, 2.45) is 0 Å². The second-order valence-corrected chi connectivity index (χ2v) is 20.8. The number of nitrogens with zero attached hydrogens (tertiary/aromatic N) is 3. The fraction of sp³-hybridized carbons (Fsp3) is 0.311. The molecule has 4 heteroatoms. The Labute approximate surface area is 402 Å². The minimum atomic E-state index is -3.38. The highest BCUT2D eigenvalue weighted by Crippen LogP contribution is 2.45. The van der Waals surface area contributed by atoms with Crippen LogP contribution in [0.25, 0.3) is 72.7 Å². The Kier molecular flexibility index (Phi) is 8.73. The normalized spacial score (nSPS) is 15.7. The van der Waals surface area contributed by atoms with Gasteiger partial charge in [0.15, 0.2) is 0 Å². The molecule has 0 bridgehead atoms. The van der Waals surface area contributed by atoms with E-state index in [1.807, 2.05) is 44.2 Å². The summed E-state index contributed by atoms with van der Waals surface area (Å²) < 4.78 is 85.4. The van der Waals surface area contributed by atoms with Crippen LogP contribution in [-0.2, 0) is 21.7 Å². The lowest BCUT2D eigenvalue weighted by Crippen LogP contribution is -2.17. The van der Waals surface area contributed by atoms with Crippen molar-refractivity contribution in [3.05, 3.63) is 167 Å². The molecule has 0 saturated heterocycles. The van der Waals surface area contributed by atoms with Gasteiger partial charge < -0.3 is 5.11 Å². The summed E-state index contributed by atoms with van der Waals surface area (Å²) in [5.41, 5.74) is 8.53. The number of pyridine rings is 1. The van der Waals surface area contributed by atoms with Gasteiger partial charge in [0.1, 0.15) is 11.6 Å². The number of para-hydroxylation sites is 1. The van der Waals surface area contributed by atoms with Crippen molar-refractivity contribution in [2.45, 2.75) is 124 Å². The lowest BCUT2D eigenvalue weighted by atomic mass is 9.79. The summed E-state index contributed by atoms with van der Waals surface area (Å²) in [7, 11) is 0. The zero-order chi connectivity index (χ0) is 55.2. The number of fused-ring (bicyclic) bond motifs is 1. The number of phenols is 1. The van der Waals surface area contributed by atoms with Gasteiger partial charge in [-0.15, -0.1) is 0 Å². The van der Waals surface area contributed by atoms with Gasteiger partial charge in [-0.2, -0.15) is 0 Å². The van der Waals surface area contributed by atoms with Crippen LogP contribution in [0.3, 0.4) is 0 Å². The highest BCUT2D eigenvalue weighted by molar-refractivity contribution is 5.97. The molecule has 0 saturated carbocycles. The number of aromatic nitrogens is 3. The number of aromatic hydroxyl groups is 1. The SMILES string of the molecule is [2H]C(C)(C)c1cc(-c2ccccc2)cc(-n2c(-c3cc(C(C)(C)C)cc(C(C)(C)C)c3O)nc3c(-c4cc(-c5cc(-c6ccc(C(C([2H])([2H])[2H])(C([2H])([2H])[2H])C([2H])([2H])[2H])cc6)ccn5)cc(C(C)(C)C)c4)cccc32)c1. The fourth-order valence-electron chi connectivity index (χ4n) is 8.45. The summed E-state index contributed by atoms with van der Waals surface area (Å²) in [4.78, 5) is 10.4. The summed E-state index contributed by atoms with van der Waals surface area (Å²) in [6, 6.07) is 42.5. The fourth-order valence-corrected chi connectivity index (χ4v) is 8.45. The van der Waals surface area contributed by atoms with Crippen molar-refractivity contribution in [1.29, 1.82) is 0 Å². The van der Waals surface area contributed by atoms with Crippen LogP contribution < -0.4 is 0 Å². The molecule has 0 aliphatic heterocycles. The third-order valence-corrected chi connectivity index (χ3v) is 12.4. The topological polar surface area (TPSA) is 50.9 Å². The van der Waals surface area contributed by atoms with E-state index in [0.717, 1.165) is 61.3 Å². The monoisotopic (exact) mass is 868 g/mol. The Morgan fingerprint density at radius 2 is 1.20 bits per heavy atom. The van der Waals surface area contributed by atoms with E-state index in [0.29, 0.717) is 33.7 Å². The lowest BCUT2D eigenvalue weighted by Gasteiger charge is -2.27. The van der Waals surface area contributed by atoms with Crippen LogP contribution in [0.2, 0.25) is 0 Å². The third-order valence-electron chi connectivity index (χ3n) is 12.4. The molecule has 0 radical (unpaired) electrons. The summed E-state index contributed by atoms with van der Waals surface area (Å²) in [6.07, 6.45) is 1.67. The molecule has 6 aromatic carbocycles. The van der Waals surface area contributed by atoms with E-state index >= 15 is 0 Å². The average Bonchev–Trinajstić information content (AvgIpc) is 3.69. The standard InChI is InChI=1S/C61H67N3O/c1-38(2)42-29-43(39-19-16-15-17-20-39)34-49(33-42)64-54-22-18-21-50(55(54)63-57(64)51-36-48(60(9,10)11)37-52(56(51)65)61(12,13)14)44-30-45(32-47(31-44)59(6,7)8)53-35-41(27-28-62-53)40-23-25-46(26-24-40)58(3,4)5/h15-38,65H,1-14H3/i3D3,4D3,5D3,38D. The Hall–Kier alpha value is -6.26. The number of hydrogen-bond donors (Lipinski definition) is 1. The lowest BCUT2D eigenvalue weighted by molar-refractivity contribution is 0.446. The van der Waals surface area contributed by atoms with Crippen molar-refractivity contribution in [3.8, 4) is 67.5 Å². The molecule has 0 amide bonds. The predicted octanol–water partition coefficient (Wildman–Crippen LogP) is 16.8. The van der Waals surface area contributed by atoms with E-state index in [1.165, 1.54) is 12.1 Å². The predicted molar refractivity (Wildman–Crippen MR) is 277 cm³/mol. The first-order valence-electron chi connectivity index (χ1n) is 27.4. The second kappa shape index (κ2) is 16.6. The van der Waals surface area contributed by atoms with Gasteiger partial charge in [0.2, 0.25) is 0 Å². The maximum absolute atomic E-state index is 12.5. The summed E-state index contributed by atoms with van der Waals surface area (Å²) in [5, 5.41) is 12.5. The van der Waals surface area contributed by atoms with Crippen LogP contribution in [-0.4, -0.2) is 19.6 Å². The molecular formula is C61H67N3O. The first-order chi connectivity index (χ1) is 34.5. The Balaban J connectivity index is 1.37. The van der Waals surface area contributed by atoms with Gasteiger partial charge in [-0.05, 0) is 126 Å². The maximum Gasteiger partial charge on any atom is 0.149 e. The number of hydrogen-bond acceptors (Lipinski definition) is 3. The molecule has 4 nitrogen and oxygen atoms in total. The van der Waals surface area contributed by atoms with Gasteiger partial charge in [-0.3, -0.25) is 9.55 Å². The van der Waals surface area contributed by atoms with E-state index in [2.05, 4.69) is 140 Å². The van der Waals surface area contributed by atoms with Gasteiger partial charge in [-0.1, -0.05) is 182 Å². The Morgan fingerprint density at radius 3 is 1.85 bits per heavy atom. The first-order valence-corrected chi connectivity index (χ1v) is 22.4. The molecule has 0 unspecified atom stereocenters. The smallest absolute Gasteiger partial charge is 0.149 e. The molecule has 8 rings (SSSR count). The van der Waals surface area contributed by atoms with Crippen molar-refractivity contribution in [1.82, 2.24) is 14.5 Å². The molecule has 0 aliphatic rings. The highest BCUT2D eigenvalue weighted by Gasteiger charge is 2.29. The van der Waals surface area contributed by atoms with Crippen LogP contribution in [0, 0.1) is 0 Å². The molecule has 2 aromatic heterocycles. The Morgan fingerprint density at radius 1 is 0.538 bits per heavy atom. The van der Waals surface area contributed by atoms with Gasteiger partial charge in [-0.25, -0.2) is 4.98 Å². The van der Waals surface area contributed by atoms with Crippen LogP contribution >= 0.6 is 0 Å². The summed E-state index contributed by atoms with van der Waals surface area (Å²) in [6.45, 7) is 12.9. The molecule has 0 aliphatic carbocycles. The van der Waals surface area contributed by atoms with Gasteiger partial charge in [0, 0.05) is 42.3 Å². The number of rotatable bonds is 7. The van der Waals surface area contributed by atoms with Crippen LogP contribution in [0.4, 0.5) is 0 Å². The maximum atomic E-state index is 12.5. The molecule has 2 heterocycles. The van der Waals surface area contributed by atoms with Crippen LogP contribution in [0.1, 0.15) is 144 Å². The molecular weight excluding hydrogens is 791 g/mol. The largest absolute Gasteiger partial charge is 0.507 e. The van der Waals surface area contributed by atoms with E-state index < -0.39 is 37.3 Å². The van der Waals surface area contributed by atoms with E-state index in [1.54, 1.807) is 24.4 Å². The van der Waals surface area contributed by atoms with Crippen molar-refractivity contribution >= 4 is 11.0 Å². The van der Waals surface area contributed by atoms with Gasteiger partial charge in [0.05, 0.1) is 22.3 Å². The number of benzene rings is 6. The zero-order valence-electron chi connectivity index (χ0n) is 49.6. The number of phenolic OH excluding ortho intramolecular Hbond substituents is 1. The molecule has 332 valence electrons. The molecule has 1 N–H and O–H groups in total. The Bertz CT molecular complexity index is 3390. The highest BCUT2D eigenvalue weighted by atomic mass is 16.3. The first kappa shape index (κ1) is 34.1.